The summed E-state index contributed by atoms with van der Waals surface area (Å²) in [5, 5.41) is 11.4. The summed E-state index contributed by atoms with van der Waals surface area (Å²) < 4.78 is 15.8. The maximum Gasteiger partial charge on any atom is 0.203 e. The molecule has 0 spiro atoms. The number of ether oxygens (including phenoxy) is 3. The molecule has 0 heterocycles. The molecule has 1 N–H and O–H groups in total. The fourth-order valence-electron chi connectivity index (χ4n) is 1.33. The van der Waals surface area contributed by atoms with Crippen LogP contribution in [0.1, 0.15) is 12.5 Å². The van der Waals surface area contributed by atoms with Crippen molar-refractivity contribution in [2.75, 3.05) is 20.8 Å². The Kier molecular flexibility index (Phi) is 4.44. The Labute approximate surface area is 94.2 Å². The van der Waals surface area contributed by atoms with Gasteiger partial charge in [0.25, 0.3) is 0 Å². The fourth-order valence-corrected chi connectivity index (χ4v) is 1.33. The lowest BCUT2D eigenvalue weighted by Crippen LogP contribution is -1.99. The van der Waals surface area contributed by atoms with Gasteiger partial charge in [-0.15, -0.1) is 0 Å². The number of hydrogen-bond acceptors (Lipinski definition) is 5. The minimum atomic E-state index is 0.514. The van der Waals surface area contributed by atoms with Gasteiger partial charge in [-0.3, -0.25) is 0 Å². The SMILES string of the molecule is CCOc1c(OC)cc(/C=N\O)cc1OC. The largest absolute Gasteiger partial charge is 0.493 e. The summed E-state index contributed by atoms with van der Waals surface area (Å²) in [6.45, 7) is 2.39. The highest BCUT2D eigenvalue weighted by Gasteiger charge is 2.12. The third-order valence-corrected chi connectivity index (χ3v) is 1.98. The lowest BCUT2D eigenvalue weighted by molar-refractivity contribution is 0.288. The van der Waals surface area contributed by atoms with Crippen LogP contribution in [0.4, 0.5) is 0 Å². The van der Waals surface area contributed by atoms with Crippen molar-refractivity contribution < 1.29 is 19.4 Å². The van der Waals surface area contributed by atoms with Crippen LogP contribution < -0.4 is 14.2 Å². The van der Waals surface area contributed by atoms with E-state index in [-0.39, 0.29) is 0 Å². The van der Waals surface area contributed by atoms with Crippen molar-refractivity contribution in [1.29, 1.82) is 0 Å². The highest BCUT2D eigenvalue weighted by Crippen LogP contribution is 2.38. The van der Waals surface area contributed by atoms with Gasteiger partial charge in [-0.25, -0.2) is 0 Å². The summed E-state index contributed by atoms with van der Waals surface area (Å²) in [5.41, 5.74) is 0.666. The van der Waals surface area contributed by atoms with E-state index in [1.54, 1.807) is 12.1 Å². The summed E-state index contributed by atoms with van der Waals surface area (Å²) >= 11 is 0. The highest BCUT2D eigenvalue weighted by atomic mass is 16.5. The minimum absolute atomic E-state index is 0.514. The first-order valence-corrected chi connectivity index (χ1v) is 4.83. The standard InChI is InChI=1S/C11H15NO4/c1-4-16-11-9(14-2)5-8(7-12-13)6-10(11)15-3/h5-7,13H,4H2,1-3H3/b12-7-. The Morgan fingerprint density at radius 2 is 1.81 bits per heavy atom. The Hall–Kier alpha value is -1.91. The van der Waals surface area contributed by atoms with Gasteiger partial charge < -0.3 is 19.4 Å². The maximum atomic E-state index is 8.48. The van der Waals surface area contributed by atoms with Crippen LogP contribution in [0.2, 0.25) is 0 Å². The van der Waals surface area contributed by atoms with Crippen molar-refractivity contribution in [2.24, 2.45) is 5.16 Å². The van der Waals surface area contributed by atoms with Crippen molar-refractivity contribution in [3.63, 3.8) is 0 Å². The summed E-state index contributed by atoms with van der Waals surface area (Å²) in [7, 11) is 3.08. The van der Waals surface area contributed by atoms with E-state index in [9.17, 15) is 0 Å². The van der Waals surface area contributed by atoms with Gasteiger partial charge in [-0.2, -0.15) is 0 Å². The Morgan fingerprint density at radius 3 is 2.19 bits per heavy atom. The molecule has 0 unspecified atom stereocenters. The molecule has 5 nitrogen and oxygen atoms in total. The van der Waals surface area contributed by atoms with Gasteiger partial charge in [-0.05, 0) is 19.1 Å². The predicted molar refractivity (Wildman–Crippen MR) is 60.1 cm³/mol. The van der Waals surface area contributed by atoms with Crippen LogP contribution in [-0.2, 0) is 0 Å². The molecule has 0 aliphatic carbocycles. The maximum absolute atomic E-state index is 8.48. The average molecular weight is 225 g/mol. The number of oxime groups is 1. The third-order valence-electron chi connectivity index (χ3n) is 1.98. The molecule has 0 radical (unpaired) electrons. The van der Waals surface area contributed by atoms with Gasteiger partial charge >= 0.3 is 0 Å². The van der Waals surface area contributed by atoms with E-state index in [1.165, 1.54) is 20.4 Å². The molecule has 0 aliphatic rings. The third kappa shape index (κ3) is 2.56. The van der Waals surface area contributed by atoms with Gasteiger partial charge in [0.05, 0.1) is 27.0 Å². The molecular formula is C11H15NO4. The topological polar surface area (TPSA) is 60.3 Å². The fraction of sp³-hybridized carbons (Fsp3) is 0.364. The molecule has 0 bridgehead atoms. The van der Waals surface area contributed by atoms with Gasteiger partial charge in [0.1, 0.15) is 0 Å². The number of nitrogens with zero attached hydrogens (tertiary/aromatic N) is 1. The first kappa shape index (κ1) is 12.2. The number of methoxy groups -OCH3 is 2. The van der Waals surface area contributed by atoms with Crippen LogP contribution in [0.3, 0.4) is 0 Å². The normalized spacial score (nSPS) is 10.4. The molecule has 0 aromatic heterocycles. The van der Waals surface area contributed by atoms with Gasteiger partial charge in [0.2, 0.25) is 5.75 Å². The average Bonchev–Trinajstić information content (AvgIpc) is 2.31. The zero-order valence-electron chi connectivity index (χ0n) is 9.56. The molecule has 1 aromatic rings. The van der Waals surface area contributed by atoms with E-state index in [0.29, 0.717) is 29.4 Å². The van der Waals surface area contributed by atoms with Crippen LogP contribution >= 0.6 is 0 Å². The molecule has 0 amide bonds. The van der Waals surface area contributed by atoms with E-state index in [0.717, 1.165) is 0 Å². The number of hydrogen-bond donors (Lipinski definition) is 1. The van der Waals surface area contributed by atoms with Gasteiger partial charge in [0.15, 0.2) is 11.5 Å². The predicted octanol–water partition coefficient (Wildman–Crippen LogP) is 1.91. The van der Waals surface area contributed by atoms with Crippen molar-refractivity contribution in [3.8, 4) is 17.2 Å². The Morgan fingerprint density at radius 1 is 1.25 bits per heavy atom. The number of benzene rings is 1. The van der Waals surface area contributed by atoms with Crippen LogP contribution in [-0.4, -0.2) is 32.2 Å². The van der Waals surface area contributed by atoms with E-state index in [2.05, 4.69) is 5.16 Å². The van der Waals surface area contributed by atoms with E-state index >= 15 is 0 Å². The molecule has 0 saturated heterocycles. The van der Waals surface area contributed by atoms with E-state index < -0.39 is 0 Å². The summed E-state index contributed by atoms with van der Waals surface area (Å²) in [4.78, 5) is 0. The quantitative estimate of drug-likeness (QED) is 0.472. The lowest BCUT2D eigenvalue weighted by atomic mass is 10.2. The zero-order valence-corrected chi connectivity index (χ0v) is 9.56. The Balaban J connectivity index is 3.24. The lowest BCUT2D eigenvalue weighted by Gasteiger charge is -2.13. The molecule has 0 fully saturated rings. The highest BCUT2D eigenvalue weighted by molar-refractivity contribution is 5.82. The molecule has 5 heteroatoms. The van der Waals surface area contributed by atoms with Crippen molar-refractivity contribution >= 4 is 6.21 Å². The molecule has 1 rings (SSSR count). The molecule has 1 aromatic carbocycles. The van der Waals surface area contributed by atoms with Crippen molar-refractivity contribution in [2.45, 2.75) is 6.92 Å². The first-order chi connectivity index (χ1) is 7.76. The molecule has 16 heavy (non-hydrogen) atoms. The van der Waals surface area contributed by atoms with Crippen molar-refractivity contribution in [3.05, 3.63) is 17.7 Å². The summed E-state index contributed by atoms with van der Waals surface area (Å²) in [5.74, 6) is 1.62. The minimum Gasteiger partial charge on any atom is -0.493 e. The molecule has 0 atom stereocenters. The smallest absolute Gasteiger partial charge is 0.203 e. The van der Waals surface area contributed by atoms with Gasteiger partial charge in [-0.1, -0.05) is 5.16 Å². The second-order valence-electron chi connectivity index (χ2n) is 2.93. The van der Waals surface area contributed by atoms with Crippen LogP contribution in [0.25, 0.3) is 0 Å². The van der Waals surface area contributed by atoms with E-state index in [1.807, 2.05) is 6.92 Å². The monoisotopic (exact) mass is 225 g/mol. The zero-order chi connectivity index (χ0) is 12.0. The van der Waals surface area contributed by atoms with Crippen LogP contribution in [0.15, 0.2) is 17.3 Å². The molecule has 88 valence electrons. The summed E-state index contributed by atoms with van der Waals surface area (Å²) in [6.07, 6.45) is 1.29. The second kappa shape index (κ2) is 5.85. The number of rotatable bonds is 5. The second-order valence-corrected chi connectivity index (χ2v) is 2.93. The molecule has 0 saturated carbocycles. The Bertz CT molecular complexity index is 351. The first-order valence-electron chi connectivity index (χ1n) is 4.83. The summed E-state index contributed by atoms with van der Waals surface area (Å²) in [6, 6.07) is 3.40. The van der Waals surface area contributed by atoms with Crippen LogP contribution in [0.5, 0.6) is 17.2 Å². The van der Waals surface area contributed by atoms with Crippen LogP contribution in [0, 0.1) is 0 Å². The van der Waals surface area contributed by atoms with Crippen molar-refractivity contribution in [1.82, 2.24) is 0 Å². The van der Waals surface area contributed by atoms with E-state index in [4.69, 9.17) is 19.4 Å². The molecular weight excluding hydrogens is 210 g/mol. The molecule has 0 aliphatic heterocycles. The van der Waals surface area contributed by atoms with Gasteiger partial charge in [0, 0.05) is 5.56 Å².